The summed E-state index contributed by atoms with van der Waals surface area (Å²) in [6.07, 6.45) is 12.3. The number of hydrazine groups is 1. The van der Waals surface area contributed by atoms with Crippen molar-refractivity contribution in [1.82, 2.24) is 0 Å². The van der Waals surface area contributed by atoms with Gasteiger partial charge < -0.3 is 4.74 Å². The zero-order chi connectivity index (χ0) is 14.3. The Hall–Kier alpha value is -0.540. The van der Waals surface area contributed by atoms with Crippen LogP contribution in [0.5, 0.6) is 0 Å². The normalized spacial score (nSPS) is 10.5. The van der Waals surface area contributed by atoms with Crippen molar-refractivity contribution in [3.05, 3.63) is 12.8 Å². The summed E-state index contributed by atoms with van der Waals surface area (Å²) in [6.45, 7) is 11.3. The molecule has 3 nitrogen and oxygen atoms in total. The van der Waals surface area contributed by atoms with E-state index in [1.54, 1.807) is 0 Å². The SMILES string of the molecule is C=COCCCCCCCCCC(C)(C)C.NN. The van der Waals surface area contributed by atoms with Crippen LogP contribution in [0.3, 0.4) is 0 Å². The zero-order valence-corrected chi connectivity index (χ0v) is 12.7. The number of hydrogen-bond acceptors (Lipinski definition) is 3. The molecule has 0 heterocycles. The van der Waals surface area contributed by atoms with Gasteiger partial charge in [0.25, 0.3) is 0 Å². The van der Waals surface area contributed by atoms with E-state index in [0.29, 0.717) is 5.41 Å². The second-order valence-electron chi connectivity index (χ2n) is 5.82. The average molecular weight is 258 g/mol. The maximum Gasteiger partial charge on any atom is 0.0873 e. The van der Waals surface area contributed by atoms with Gasteiger partial charge in [-0.15, -0.1) is 0 Å². The Bertz CT molecular complexity index is 164. The predicted molar refractivity (Wildman–Crippen MR) is 80.9 cm³/mol. The highest BCUT2D eigenvalue weighted by molar-refractivity contribution is 4.61. The van der Waals surface area contributed by atoms with Crippen LogP contribution < -0.4 is 11.7 Å². The van der Waals surface area contributed by atoms with Crippen molar-refractivity contribution in [2.45, 2.75) is 72.1 Å². The molecule has 0 atom stereocenters. The maximum absolute atomic E-state index is 5.08. The second kappa shape index (κ2) is 14.5. The Morgan fingerprint density at radius 2 is 1.33 bits per heavy atom. The molecule has 0 amide bonds. The predicted octanol–water partition coefficient (Wildman–Crippen LogP) is 4.13. The van der Waals surface area contributed by atoms with Crippen LogP contribution in [-0.2, 0) is 4.74 Å². The van der Waals surface area contributed by atoms with Crippen LogP contribution in [0.1, 0.15) is 72.1 Å². The third-order valence-electron chi connectivity index (χ3n) is 2.81. The molecule has 3 heteroatoms. The van der Waals surface area contributed by atoms with Crippen LogP contribution in [0.15, 0.2) is 12.8 Å². The summed E-state index contributed by atoms with van der Waals surface area (Å²) >= 11 is 0. The van der Waals surface area contributed by atoms with Gasteiger partial charge in [-0.05, 0) is 18.3 Å². The molecule has 0 aromatic heterocycles. The number of hydrogen-bond donors (Lipinski definition) is 2. The molecule has 0 saturated carbocycles. The first-order valence-electron chi connectivity index (χ1n) is 7.12. The smallest absolute Gasteiger partial charge is 0.0873 e. The van der Waals surface area contributed by atoms with Crippen molar-refractivity contribution < 1.29 is 4.74 Å². The van der Waals surface area contributed by atoms with E-state index in [9.17, 15) is 0 Å². The Labute approximate surface area is 114 Å². The summed E-state index contributed by atoms with van der Waals surface area (Å²) in [4.78, 5) is 0. The minimum Gasteiger partial charge on any atom is -0.502 e. The molecule has 0 rings (SSSR count). The van der Waals surface area contributed by atoms with Crippen LogP contribution in [0.25, 0.3) is 0 Å². The van der Waals surface area contributed by atoms with Gasteiger partial charge >= 0.3 is 0 Å². The number of rotatable bonds is 10. The van der Waals surface area contributed by atoms with Gasteiger partial charge in [0.1, 0.15) is 0 Å². The zero-order valence-electron chi connectivity index (χ0n) is 12.7. The van der Waals surface area contributed by atoms with E-state index in [2.05, 4.69) is 39.0 Å². The van der Waals surface area contributed by atoms with Crippen molar-refractivity contribution >= 4 is 0 Å². The van der Waals surface area contributed by atoms with E-state index in [1.807, 2.05) is 0 Å². The van der Waals surface area contributed by atoms with Crippen molar-refractivity contribution in [3.8, 4) is 0 Å². The van der Waals surface area contributed by atoms with Gasteiger partial charge in [-0.2, -0.15) is 0 Å². The molecule has 0 saturated heterocycles. The average Bonchev–Trinajstić information content (AvgIpc) is 2.33. The van der Waals surface area contributed by atoms with E-state index < -0.39 is 0 Å². The van der Waals surface area contributed by atoms with E-state index in [1.165, 1.54) is 57.6 Å². The van der Waals surface area contributed by atoms with Gasteiger partial charge in [0.15, 0.2) is 0 Å². The first kappa shape index (κ1) is 19.8. The lowest BCUT2D eigenvalue weighted by Gasteiger charge is -2.17. The number of ether oxygens (including phenoxy) is 1. The standard InChI is InChI=1S/C15H30O.H4N2/c1-5-16-14-12-10-8-6-7-9-11-13-15(2,3)4;1-2/h5H,1,6-14H2,2-4H3;1-2H2. The molecule has 0 aromatic carbocycles. The molecular formula is C15H34N2O. The van der Waals surface area contributed by atoms with Crippen LogP contribution in [0, 0.1) is 5.41 Å². The van der Waals surface area contributed by atoms with Crippen molar-refractivity contribution in [2.75, 3.05) is 6.61 Å². The largest absolute Gasteiger partial charge is 0.502 e. The van der Waals surface area contributed by atoms with Crippen molar-refractivity contribution in [1.29, 1.82) is 0 Å². The lowest BCUT2D eigenvalue weighted by Crippen LogP contribution is -2.03. The van der Waals surface area contributed by atoms with Gasteiger partial charge in [0, 0.05) is 0 Å². The van der Waals surface area contributed by atoms with E-state index in [0.717, 1.165) is 6.61 Å². The molecule has 0 aliphatic carbocycles. The fourth-order valence-corrected chi connectivity index (χ4v) is 1.81. The summed E-state index contributed by atoms with van der Waals surface area (Å²) in [5.74, 6) is 8.00. The Kier molecular flexibility index (Phi) is 16.0. The highest BCUT2D eigenvalue weighted by atomic mass is 16.5. The van der Waals surface area contributed by atoms with Crippen LogP contribution >= 0.6 is 0 Å². The molecule has 110 valence electrons. The summed E-state index contributed by atoms with van der Waals surface area (Å²) in [5, 5.41) is 0. The van der Waals surface area contributed by atoms with Gasteiger partial charge in [-0.25, -0.2) is 0 Å². The monoisotopic (exact) mass is 258 g/mol. The van der Waals surface area contributed by atoms with E-state index in [4.69, 9.17) is 4.74 Å². The molecule has 4 N–H and O–H groups in total. The quantitative estimate of drug-likeness (QED) is 0.268. The molecule has 0 unspecified atom stereocenters. The van der Waals surface area contributed by atoms with Gasteiger partial charge in [-0.1, -0.05) is 65.9 Å². The third kappa shape index (κ3) is 20.8. The first-order chi connectivity index (χ1) is 8.56. The molecule has 0 aliphatic rings. The molecule has 18 heavy (non-hydrogen) atoms. The van der Waals surface area contributed by atoms with E-state index in [-0.39, 0.29) is 0 Å². The Morgan fingerprint density at radius 3 is 1.78 bits per heavy atom. The topological polar surface area (TPSA) is 61.3 Å². The highest BCUT2D eigenvalue weighted by Crippen LogP contribution is 2.22. The molecular weight excluding hydrogens is 224 g/mol. The van der Waals surface area contributed by atoms with Crippen molar-refractivity contribution in [3.63, 3.8) is 0 Å². The van der Waals surface area contributed by atoms with Crippen LogP contribution in [0.2, 0.25) is 0 Å². The minimum atomic E-state index is 0.516. The summed E-state index contributed by atoms with van der Waals surface area (Å²) < 4.78 is 5.08. The van der Waals surface area contributed by atoms with Crippen LogP contribution in [-0.4, -0.2) is 6.61 Å². The molecule has 0 bridgehead atoms. The fourth-order valence-electron chi connectivity index (χ4n) is 1.81. The summed E-state index contributed by atoms with van der Waals surface area (Å²) in [5.41, 5.74) is 0.516. The van der Waals surface area contributed by atoms with Gasteiger partial charge in [0.05, 0.1) is 12.9 Å². The maximum atomic E-state index is 5.08. The number of nitrogens with two attached hydrogens (primary N) is 2. The molecule has 0 spiro atoms. The molecule has 0 aromatic rings. The Morgan fingerprint density at radius 1 is 0.889 bits per heavy atom. The highest BCUT2D eigenvalue weighted by Gasteiger charge is 2.08. The minimum absolute atomic E-state index is 0.516. The lowest BCUT2D eigenvalue weighted by molar-refractivity contribution is 0.241. The first-order valence-corrected chi connectivity index (χ1v) is 7.12. The Balaban J connectivity index is 0. The fraction of sp³-hybridized carbons (Fsp3) is 0.867. The van der Waals surface area contributed by atoms with Gasteiger partial charge in [0.2, 0.25) is 0 Å². The second-order valence-corrected chi connectivity index (χ2v) is 5.82. The number of unbranched alkanes of at least 4 members (excludes halogenated alkanes) is 6. The van der Waals surface area contributed by atoms with Gasteiger partial charge in [-0.3, -0.25) is 11.7 Å². The van der Waals surface area contributed by atoms with Crippen molar-refractivity contribution in [2.24, 2.45) is 17.1 Å². The van der Waals surface area contributed by atoms with E-state index >= 15 is 0 Å². The van der Waals surface area contributed by atoms with Crippen LogP contribution in [0.4, 0.5) is 0 Å². The molecule has 0 aliphatic heterocycles. The lowest BCUT2D eigenvalue weighted by atomic mass is 9.89. The molecule has 0 fully saturated rings. The summed E-state index contributed by atoms with van der Waals surface area (Å²) in [6, 6.07) is 0. The third-order valence-corrected chi connectivity index (χ3v) is 2.81. The summed E-state index contributed by atoms with van der Waals surface area (Å²) in [7, 11) is 0. The molecule has 0 radical (unpaired) electrons.